The third-order valence-electron chi connectivity index (χ3n) is 8.01. The quantitative estimate of drug-likeness (QED) is 0.179. The van der Waals surface area contributed by atoms with Crippen LogP contribution >= 0.6 is 0 Å². The van der Waals surface area contributed by atoms with Gasteiger partial charge in [-0.15, -0.1) is 0 Å². The number of rotatable bonds is 16. The van der Waals surface area contributed by atoms with Gasteiger partial charge in [0.1, 0.15) is 5.60 Å². The van der Waals surface area contributed by atoms with Gasteiger partial charge in [0, 0.05) is 0 Å². The van der Waals surface area contributed by atoms with Crippen LogP contribution in [0.25, 0.3) is 0 Å². The minimum Gasteiger partial charge on any atom is -0.457 e. The van der Waals surface area contributed by atoms with Crippen LogP contribution in [0.15, 0.2) is 0 Å². The topological polar surface area (TPSA) is 35.5 Å². The molecule has 2 aliphatic rings. The van der Waals surface area contributed by atoms with Crippen molar-refractivity contribution in [2.45, 2.75) is 173 Å². The molecule has 0 aromatic carbocycles. The van der Waals surface area contributed by atoms with Gasteiger partial charge in [-0.05, 0) is 64.2 Å². The van der Waals surface area contributed by atoms with Crippen molar-refractivity contribution in [2.24, 2.45) is 0 Å². The van der Waals surface area contributed by atoms with Gasteiger partial charge in [0.25, 0.3) is 0 Å². The van der Waals surface area contributed by atoms with Crippen molar-refractivity contribution in [3.63, 3.8) is 0 Å². The van der Waals surface area contributed by atoms with Gasteiger partial charge in [-0.25, -0.2) is 4.79 Å². The van der Waals surface area contributed by atoms with Gasteiger partial charge in [0.15, 0.2) is 5.60 Å². The van der Waals surface area contributed by atoms with Crippen LogP contribution in [0.4, 0.5) is 0 Å². The van der Waals surface area contributed by atoms with Crippen LogP contribution in [0, 0.1) is 0 Å². The van der Waals surface area contributed by atoms with Crippen molar-refractivity contribution in [3.8, 4) is 0 Å². The molecule has 182 valence electrons. The summed E-state index contributed by atoms with van der Waals surface area (Å²) in [6, 6.07) is 0. The van der Waals surface area contributed by atoms with Gasteiger partial charge in [-0.3, -0.25) is 0 Å². The molecular formula is C28H52O3. The molecule has 1 atom stereocenters. The summed E-state index contributed by atoms with van der Waals surface area (Å²) in [4.78, 5) is 13.5. The van der Waals surface area contributed by atoms with Crippen LogP contribution in [-0.2, 0) is 14.3 Å². The molecule has 0 aromatic heterocycles. The highest BCUT2D eigenvalue weighted by molar-refractivity contribution is 5.81. The second-order valence-electron chi connectivity index (χ2n) is 10.7. The number of hydrogen-bond donors (Lipinski definition) is 0. The molecular weight excluding hydrogens is 384 g/mol. The largest absolute Gasteiger partial charge is 0.457 e. The Morgan fingerprint density at radius 2 is 0.968 bits per heavy atom. The summed E-state index contributed by atoms with van der Waals surface area (Å²) in [5, 5.41) is 0. The number of hydrogen-bond acceptors (Lipinski definition) is 3. The fourth-order valence-electron chi connectivity index (χ4n) is 5.88. The van der Waals surface area contributed by atoms with E-state index in [1.807, 2.05) is 0 Å². The lowest BCUT2D eigenvalue weighted by atomic mass is 9.78. The Balaban J connectivity index is 2.07. The Morgan fingerprint density at radius 3 is 1.39 bits per heavy atom. The number of cyclic esters (lactones) is 1. The second-order valence-corrected chi connectivity index (χ2v) is 10.7. The average Bonchev–Trinajstić information content (AvgIpc) is 3.12. The molecule has 31 heavy (non-hydrogen) atoms. The Morgan fingerprint density at radius 1 is 0.581 bits per heavy atom. The van der Waals surface area contributed by atoms with Gasteiger partial charge in [-0.1, -0.05) is 91.9 Å². The normalized spacial score (nSPS) is 24.6. The number of unbranched alkanes of at least 4 members (excludes halogenated alkanes) is 8. The molecule has 1 spiro atoms. The van der Waals surface area contributed by atoms with Crippen molar-refractivity contribution in [3.05, 3.63) is 0 Å². The van der Waals surface area contributed by atoms with E-state index in [1.54, 1.807) is 0 Å². The maximum absolute atomic E-state index is 13.5. The van der Waals surface area contributed by atoms with Crippen molar-refractivity contribution in [2.75, 3.05) is 0 Å². The minimum absolute atomic E-state index is 0.0281. The predicted molar refractivity (Wildman–Crippen MR) is 130 cm³/mol. The number of carbonyl (C=O) groups is 1. The summed E-state index contributed by atoms with van der Waals surface area (Å²) in [6.45, 7) is 9.01. The first-order chi connectivity index (χ1) is 15.0. The summed E-state index contributed by atoms with van der Waals surface area (Å²) in [5.41, 5.74) is -0.975. The molecule has 0 saturated carbocycles. The molecule has 0 aromatic rings. The zero-order valence-electron chi connectivity index (χ0n) is 21.4. The first kappa shape index (κ1) is 26.7. The molecule has 2 rings (SSSR count). The predicted octanol–water partition coefficient (Wildman–Crippen LogP) is 8.67. The van der Waals surface area contributed by atoms with Gasteiger partial charge < -0.3 is 9.47 Å². The van der Waals surface area contributed by atoms with Crippen LogP contribution in [0.2, 0.25) is 0 Å². The first-order valence-corrected chi connectivity index (χ1v) is 13.9. The van der Waals surface area contributed by atoms with Gasteiger partial charge in [0.05, 0.1) is 5.60 Å². The van der Waals surface area contributed by atoms with Crippen molar-refractivity contribution >= 4 is 5.97 Å². The highest BCUT2D eigenvalue weighted by Crippen LogP contribution is 2.51. The molecule has 0 N–H and O–H groups in total. The maximum Gasteiger partial charge on any atom is 0.338 e. The molecule has 2 aliphatic heterocycles. The highest BCUT2D eigenvalue weighted by Gasteiger charge is 2.58. The molecule has 2 fully saturated rings. The van der Waals surface area contributed by atoms with E-state index in [4.69, 9.17) is 9.47 Å². The average molecular weight is 437 g/mol. The van der Waals surface area contributed by atoms with Gasteiger partial charge in [0.2, 0.25) is 0 Å². The zero-order valence-corrected chi connectivity index (χ0v) is 21.4. The smallest absolute Gasteiger partial charge is 0.338 e. The highest BCUT2D eigenvalue weighted by atomic mass is 16.6. The number of esters is 1. The SMILES string of the molecule is CCCCCC1(CCCCC)CCC2(CCC(CCCCC)(CCCCC)O2)C(=O)O1. The molecule has 1 unspecified atom stereocenters. The summed E-state index contributed by atoms with van der Waals surface area (Å²) < 4.78 is 13.2. The third-order valence-corrected chi connectivity index (χ3v) is 8.01. The molecule has 0 bridgehead atoms. The molecule has 0 amide bonds. The van der Waals surface area contributed by atoms with Crippen LogP contribution in [0.1, 0.15) is 156 Å². The fourth-order valence-corrected chi connectivity index (χ4v) is 5.88. The van der Waals surface area contributed by atoms with Crippen LogP contribution in [-0.4, -0.2) is 22.8 Å². The van der Waals surface area contributed by atoms with Gasteiger partial charge in [-0.2, -0.15) is 0 Å². The lowest BCUT2D eigenvalue weighted by Gasteiger charge is -2.45. The van der Waals surface area contributed by atoms with Crippen LogP contribution in [0.3, 0.4) is 0 Å². The van der Waals surface area contributed by atoms with E-state index in [1.165, 1.54) is 77.0 Å². The zero-order chi connectivity index (χ0) is 22.6. The summed E-state index contributed by atoms with van der Waals surface area (Å²) in [6.07, 6.45) is 22.7. The van der Waals surface area contributed by atoms with Crippen molar-refractivity contribution in [1.29, 1.82) is 0 Å². The first-order valence-electron chi connectivity index (χ1n) is 13.9. The Bertz CT molecular complexity index is 494. The summed E-state index contributed by atoms with van der Waals surface area (Å²) in [7, 11) is 0. The fraction of sp³-hybridized carbons (Fsp3) is 0.964. The van der Waals surface area contributed by atoms with E-state index >= 15 is 0 Å². The lowest BCUT2D eigenvalue weighted by Crippen LogP contribution is -2.53. The van der Waals surface area contributed by atoms with Crippen molar-refractivity contribution < 1.29 is 14.3 Å². The number of carbonyl (C=O) groups excluding carboxylic acids is 1. The van der Waals surface area contributed by atoms with E-state index in [0.29, 0.717) is 0 Å². The van der Waals surface area contributed by atoms with Crippen LogP contribution < -0.4 is 0 Å². The monoisotopic (exact) mass is 436 g/mol. The number of ether oxygens (including phenoxy) is 2. The van der Waals surface area contributed by atoms with E-state index in [2.05, 4.69) is 27.7 Å². The molecule has 0 radical (unpaired) electrons. The van der Waals surface area contributed by atoms with E-state index in [0.717, 1.165) is 51.4 Å². The standard InChI is InChI=1S/C28H52O3/c1-5-9-13-17-26(18-14-10-6-2)21-23-28(25(29)30-26)24-22-27(31-28,19-15-11-7-3)20-16-12-8-4/h5-24H2,1-4H3. The lowest BCUT2D eigenvalue weighted by molar-refractivity contribution is -0.216. The van der Waals surface area contributed by atoms with Gasteiger partial charge >= 0.3 is 5.97 Å². The molecule has 3 heteroatoms. The Labute approximate surface area is 193 Å². The second kappa shape index (κ2) is 13.2. The molecule has 2 saturated heterocycles. The Hall–Kier alpha value is -0.570. The molecule has 3 nitrogen and oxygen atoms in total. The minimum atomic E-state index is -0.655. The summed E-state index contributed by atoms with van der Waals surface area (Å²) in [5.74, 6) is -0.0281. The third kappa shape index (κ3) is 7.47. The molecule has 0 aliphatic carbocycles. The van der Waals surface area contributed by atoms with E-state index < -0.39 is 5.60 Å². The Kier molecular flexibility index (Phi) is 11.4. The molecule has 2 heterocycles. The van der Waals surface area contributed by atoms with Crippen LogP contribution in [0.5, 0.6) is 0 Å². The maximum atomic E-state index is 13.5. The van der Waals surface area contributed by atoms with Crippen molar-refractivity contribution in [1.82, 2.24) is 0 Å². The van der Waals surface area contributed by atoms with E-state index in [-0.39, 0.29) is 17.2 Å². The van der Waals surface area contributed by atoms with E-state index in [9.17, 15) is 4.79 Å². The summed E-state index contributed by atoms with van der Waals surface area (Å²) >= 11 is 0.